The molecule has 0 saturated heterocycles. The zero-order valence-corrected chi connectivity index (χ0v) is 12.6. The summed E-state index contributed by atoms with van der Waals surface area (Å²) in [6.45, 7) is 12.6. The number of carbonyl (C=O) groups is 1. The van der Waals surface area contributed by atoms with Crippen molar-refractivity contribution in [1.82, 2.24) is 10.6 Å². The third-order valence-electron chi connectivity index (χ3n) is 2.79. The molecule has 0 aromatic heterocycles. The van der Waals surface area contributed by atoms with Gasteiger partial charge in [0.2, 0.25) is 5.91 Å². The largest absolute Gasteiger partial charge is 0.380 e. The van der Waals surface area contributed by atoms with Gasteiger partial charge >= 0.3 is 0 Å². The highest BCUT2D eigenvalue weighted by Crippen LogP contribution is 2.03. The van der Waals surface area contributed by atoms with Gasteiger partial charge in [-0.05, 0) is 25.8 Å². The molecule has 0 fully saturated rings. The summed E-state index contributed by atoms with van der Waals surface area (Å²) in [5, 5.41) is 6.35. The van der Waals surface area contributed by atoms with E-state index in [0.29, 0.717) is 31.6 Å². The van der Waals surface area contributed by atoms with E-state index in [1.165, 1.54) is 0 Å². The number of rotatable bonds is 10. The molecule has 18 heavy (non-hydrogen) atoms. The lowest BCUT2D eigenvalue weighted by Crippen LogP contribution is -2.42. The lowest BCUT2D eigenvalue weighted by Gasteiger charge is -2.22. The van der Waals surface area contributed by atoms with Gasteiger partial charge in [0.15, 0.2) is 0 Å². The van der Waals surface area contributed by atoms with Gasteiger partial charge in [-0.15, -0.1) is 0 Å². The first-order valence-corrected chi connectivity index (χ1v) is 7.07. The van der Waals surface area contributed by atoms with Crippen molar-refractivity contribution in [1.29, 1.82) is 0 Å². The molecular formula is C14H30N2O2. The summed E-state index contributed by atoms with van der Waals surface area (Å²) in [5.74, 6) is 0.522. The standard InChI is InChI=1S/C14H30N2O2/c1-6-18-10-13(11(2)3)16-14(17)8-7-9-15-12(4)5/h11-13,15H,6-10H2,1-5H3,(H,16,17). The molecule has 0 radical (unpaired) electrons. The molecule has 0 aromatic carbocycles. The van der Waals surface area contributed by atoms with E-state index in [-0.39, 0.29) is 11.9 Å². The van der Waals surface area contributed by atoms with E-state index in [9.17, 15) is 4.79 Å². The van der Waals surface area contributed by atoms with Crippen LogP contribution in [0.2, 0.25) is 0 Å². The molecule has 0 aliphatic rings. The quantitative estimate of drug-likeness (QED) is 0.589. The summed E-state index contributed by atoms with van der Waals surface area (Å²) in [5.41, 5.74) is 0. The Hall–Kier alpha value is -0.610. The first-order valence-electron chi connectivity index (χ1n) is 7.07. The van der Waals surface area contributed by atoms with E-state index < -0.39 is 0 Å². The van der Waals surface area contributed by atoms with Gasteiger partial charge in [0, 0.05) is 19.1 Å². The fourth-order valence-corrected chi connectivity index (χ4v) is 1.56. The van der Waals surface area contributed by atoms with Gasteiger partial charge in [-0.3, -0.25) is 4.79 Å². The number of ether oxygens (including phenoxy) is 1. The Morgan fingerprint density at radius 2 is 1.89 bits per heavy atom. The van der Waals surface area contributed by atoms with Gasteiger partial charge in [-0.25, -0.2) is 0 Å². The highest BCUT2D eigenvalue weighted by atomic mass is 16.5. The van der Waals surface area contributed by atoms with Crippen LogP contribution in [0.3, 0.4) is 0 Å². The summed E-state index contributed by atoms with van der Waals surface area (Å²) in [7, 11) is 0. The minimum absolute atomic E-state index is 0.121. The van der Waals surface area contributed by atoms with Crippen LogP contribution in [0.25, 0.3) is 0 Å². The molecule has 0 heterocycles. The Morgan fingerprint density at radius 3 is 2.39 bits per heavy atom. The van der Waals surface area contributed by atoms with E-state index in [2.05, 4.69) is 38.3 Å². The molecule has 0 rings (SSSR count). The zero-order chi connectivity index (χ0) is 14.0. The smallest absolute Gasteiger partial charge is 0.220 e. The van der Waals surface area contributed by atoms with Gasteiger partial charge in [-0.1, -0.05) is 27.7 Å². The van der Waals surface area contributed by atoms with E-state index in [1.54, 1.807) is 0 Å². The molecule has 2 N–H and O–H groups in total. The molecule has 1 amide bonds. The lowest BCUT2D eigenvalue weighted by molar-refractivity contribution is -0.122. The van der Waals surface area contributed by atoms with E-state index in [1.807, 2.05) is 6.92 Å². The fourth-order valence-electron chi connectivity index (χ4n) is 1.56. The maximum atomic E-state index is 11.8. The van der Waals surface area contributed by atoms with Crippen LogP contribution in [0, 0.1) is 5.92 Å². The topological polar surface area (TPSA) is 50.4 Å². The Bertz CT molecular complexity index is 218. The summed E-state index contributed by atoms with van der Waals surface area (Å²) in [4.78, 5) is 11.8. The molecular weight excluding hydrogens is 228 g/mol. The van der Waals surface area contributed by atoms with Crippen molar-refractivity contribution in [2.75, 3.05) is 19.8 Å². The molecule has 1 unspecified atom stereocenters. The normalized spacial score (nSPS) is 13.1. The predicted molar refractivity (Wildman–Crippen MR) is 75.6 cm³/mol. The molecule has 1 atom stereocenters. The molecule has 4 heteroatoms. The zero-order valence-electron chi connectivity index (χ0n) is 12.6. The summed E-state index contributed by atoms with van der Waals surface area (Å²) >= 11 is 0. The Balaban J connectivity index is 3.80. The van der Waals surface area contributed by atoms with Crippen LogP contribution in [-0.2, 0) is 9.53 Å². The van der Waals surface area contributed by atoms with Gasteiger partial charge in [-0.2, -0.15) is 0 Å². The van der Waals surface area contributed by atoms with Crippen LogP contribution in [0.4, 0.5) is 0 Å². The van der Waals surface area contributed by atoms with E-state index in [0.717, 1.165) is 13.0 Å². The highest BCUT2D eigenvalue weighted by molar-refractivity contribution is 5.76. The highest BCUT2D eigenvalue weighted by Gasteiger charge is 2.15. The molecule has 0 saturated carbocycles. The Labute approximate surface area is 112 Å². The number of hydrogen-bond donors (Lipinski definition) is 2. The third kappa shape index (κ3) is 9.42. The minimum Gasteiger partial charge on any atom is -0.380 e. The summed E-state index contributed by atoms with van der Waals surface area (Å²) in [6.07, 6.45) is 1.46. The number of carbonyl (C=O) groups excluding carboxylic acids is 1. The van der Waals surface area contributed by atoms with Crippen LogP contribution in [0.15, 0.2) is 0 Å². The number of nitrogens with one attached hydrogen (secondary N) is 2. The molecule has 0 aromatic rings. The summed E-state index contributed by atoms with van der Waals surface area (Å²) < 4.78 is 5.39. The second-order valence-corrected chi connectivity index (χ2v) is 5.29. The summed E-state index contributed by atoms with van der Waals surface area (Å²) in [6, 6.07) is 0.602. The molecule has 0 aliphatic carbocycles. The van der Waals surface area contributed by atoms with Crippen LogP contribution >= 0.6 is 0 Å². The van der Waals surface area contributed by atoms with Crippen molar-refractivity contribution < 1.29 is 9.53 Å². The van der Waals surface area contributed by atoms with E-state index >= 15 is 0 Å². The van der Waals surface area contributed by atoms with Crippen LogP contribution < -0.4 is 10.6 Å². The molecule has 0 bridgehead atoms. The van der Waals surface area contributed by atoms with Crippen molar-refractivity contribution >= 4 is 5.91 Å². The van der Waals surface area contributed by atoms with E-state index in [4.69, 9.17) is 4.74 Å². The van der Waals surface area contributed by atoms with Crippen molar-refractivity contribution in [3.05, 3.63) is 0 Å². The van der Waals surface area contributed by atoms with Crippen molar-refractivity contribution in [2.45, 2.75) is 59.5 Å². The molecule has 0 spiro atoms. The Kier molecular flexibility index (Phi) is 9.98. The van der Waals surface area contributed by atoms with Crippen LogP contribution in [-0.4, -0.2) is 37.7 Å². The SMILES string of the molecule is CCOCC(NC(=O)CCCNC(C)C)C(C)C. The predicted octanol–water partition coefficient (Wildman–Crippen LogP) is 1.94. The van der Waals surface area contributed by atoms with Crippen molar-refractivity contribution in [3.63, 3.8) is 0 Å². The second-order valence-electron chi connectivity index (χ2n) is 5.29. The van der Waals surface area contributed by atoms with Gasteiger partial charge in [0.05, 0.1) is 12.6 Å². The first-order chi connectivity index (χ1) is 8.47. The third-order valence-corrected chi connectivity index (χ3v) is 2.79. The van der Waals surface area contributed by atoms with Gasteiger partial charge in [0.25, 0.3) is 0 Å². The maximum Gasteiger partial charge on any atom is 0.220 e. The average molecular weight is 258 g/mol. The molecule has 0 aliphatic heterocycles. The second kappa shape index (κ2) is 10.3. The monoisotopic (exact) mass is 258 g/mol. The molecule has 108 valence electrons. The number of amides is 1. The maximum absolute atomic E-state index is 11.8. The lowest BCUT2D eigenvalue weighted by atomic mass is 10.1. The van der Waals surface area contributed by atoms with Crippen LogP contribution in [0.1, 0.15) is 47.5 Å². The first kappa shape index (κ1) is 17.4. The van der Waals surface area contributed by atoms with Crippen molar-refractivity contribution in [3.8, 4) is 0 Å². The van der Waals surface area contributed by atoms with Gasteiger partial charge < -0.3 is 15.4 Å². The number of hydrogen-bond acceptors (Lipinski definition) is 3. The van der Waals surface area contributed by atoms with Crippen molar-refractivity contribution in [2.24, 2.45) is 5.92 Å². The van der Waals surface area contributed by atoms with Crippen LogP contribution in [0.5, 0.6) is 0 Å². The Morgan fingerprint density at radius 1 is 1.22 bits per heavy atom. The van der Waals surface area contributed by atoms with Gasteiger partial charge in [0.1, 0.15) is 0 Å². The average Bonchev–Trinajstić information content (AvgIpc) is 2.29. The minimum atomic E-state index is 0.121. The molecule has 4 nitrogen and oxygen atoms in total. The fraction of sp³-hybridized carbons (Fsp3) is 0.929.